The van der Waals surface area contributed by atoms with Crippen LogP contribution in [0.4, 0.5) is 0 Å². The van der Waals surface area contributed by atoms with Crippen molar-refractivity contribution >= 4 is 0 Å². The highest BCUT2D eigenvalue weighted by Gasteiger charge is 2.21. The van der Waals surface area contributed by atoms with Crippen molar-refractivity contribution < 1.29 is 4.74 Å². The third kappa shape index (κ3) is 5.99. The summed E-state index contributed by atoms with van der Waals surface area (Å²) in [6, 6.07) is -0.157. The van der Waals surface area contributed by atoms with Gasteiger partial charge in [0.25, 0.3) is 0 Å². The van der Waals surface area contributed by atoms with Crippen molar-refractivity contribution in [2.75, 3.05) is 13.2 Å². The Morgan fingerprint density at radius 1 is 1.54 bits per heavy atom. The van der Waals surface area contributed by atoms with E-state index in [4.69, 9.17) is 10.6 Å². The SMILES string of the molecule is CCOCC(C)(C)CC(C)N(N)[O-]. The van der Waals surface area contributed by atoms with Crippen molar-refractivity contribution in [1.82, 2.24) is 5.17 Å². The summed E-state index contributed by atoms with van der Waals surface area (Å²) in [6.45, 7) is 9.30. The van der Waals surface area contributed by atoms with E-state index in [-0.39, 0.29) is 11.5 Å². The number of nitrogens with zero attached hydrogens (tertiary/aromatic N) is 1. The Morgan fingerprint density at radius 2 is 2.08 bits per heavy atom. The van der Waals surface area contributed by atoms with Gasteiger partial charge < -0.3 is 15.1 Å². The van der Waals surface area contributed by atoms with E-state index in [0.29, 0.717) is 18.4 Å². The summed E-state index contributed by atoms with van der Waals surface area (Å²) >= 11 is 0. The molecule has 0 radical (unpaired) electrons. The molecule has 0 aromatic carbocycles. The first kappa shape index (κ1) is 12.8. The molecule has 2 N–H and O–H groups in total. The first-order valence-corrected chi connectivity index (χ1v) is 4.68. The van der Waals surface area contributed by atoms with Gasteiger partial charge in [-0.15, -0.1) is 0 Å². The molecular formula is C9H21N2O2-. The Kier molecular flexibility index (Phi) is 5.48. The fourth-order valence-electron chi connectivity index (χ4n) is 1.33. The van der Waals surface area contributed by atoms with Gasteiger partial charge in [-0.05, 0) is 25.7 Å². The number of nitrogens with two attached hydrogens (primary N) is 1. The van der Waals surface area contributed by atoms with Gasteiger partial charge in [-0.1, -0.05) is 13.8 Å². The molecule has 1 atom stereocenters. The molecule has 0 aliphatic heterocycles. The Bertz CT molecular complexity index is 138. The van der Waals surface area contributed by atoms with Crippen molar-refractivity contribution in [1.29, 1.82) is 0 Å². The molecule has 4 heteroatoms. The number of ether oxygens (including phenoxy) is 1. The van der Waals surface area contributed by atoms with Crippen molar-refractivity contribution in [3.63, 3.8) is 0 Å². The molecule has 4 nitrogen and oxygen atoms in total. The minimum Gasteiger partial charge on any atom is -0.772 e. The summed E-state index contributed by atoms with van der Waals surface area (Å²) in [6.07, 6.45) is 0.743. The molecule has 13 heavy (non-hydrogen) atoms. The number of hydrogen-bond acceptors (Lipinski definition) is 4. The fourth-order valence-corrected chi connectivity index (χ4v) is 1.33. The van der Waals surface area contributed by atoms with Crippen molar-refractivity contribution in [3.8, 4) is 0 Å². The van der Waals surface area contributed by atoms with Crippen molar-refractivity contribution in [2.45, 2.75) is 40.2 Å². The summed E-state index contributed by atoms with van der Waals surface area (Å²) in [7, 11) is 0. The Morgan fingerprint density at radius 3 is 2.46 bits per heavy atom. The maximum Gasteiger partial charge on any atom is 0.0517 e. The lowest BCUT2D eigenvalue weighted by molar-refractivity contribution is 0.0523. The van der Waals surface area contributed by atoms with E-state index in [1.54, 1.807) is 0 Å². The number of hydroxylamine groups is 1. The van der Waals surface area contributed by atoms with Gasteiger partial charge in [0.1, 0.15) is 0 Å². The smallest absolute Gasteiger partial charge is 0.0517 e. The van der Waals surface area contributed by atoms with Crippen LogP contribution in [-0.4, -0.2) is 24.4 Å². The molecule has 0 fully saturated rings. The molecule has 0 amide bonds. The predicted octanol–water partition coefficient (Wildman–Crippen LogP) is 1.50. The predicted molar refractivity (Wildman–Crippen MR) is 53.7 cm³/mol. The summed E-state index contributed by atoms with van der Waals surface area (Å²) in [4.78, 5) is 0. The van der Waals surface area contributed by atoms with E-state index < -0.39 is 0 Å². The van der Waals surface area contributed by atoms with Crippen molar-refractivity contribution in [3.05, 3.63) is 5.21 Å². The number of hydrazine groups is 1. The maximum atomic E-state index is 10.7. The van der Waals surface area contributed by atoms with E-state index in [2.05, 4.69) is 13.8 Å². The standard InChI is InChI=1S/C9H21N2O2/c1-5-13-7-9(3,4)6-8(2)11(10)12/h8H,5-7,10H2,1-4H3/q-1. The topological polar surface area (TPSA) is 61.5 Å². The highest BCUT2D eigenvalue weighted by Crippen LogP contribution is 2.23. The van der Waals surface area contributed by atoms with Crippen LogP contribution in [0.3, 0.4) is 0 Å². The highest BCUT2D eigenvalue weighted by molar-refractivity contribution is 4.75. The maximum absolute atomic E-state index is 10.7. The summed E-state index contributed by atoms with van der Waals surface area (Å²) in [5.41, 5.74) is 0.0114. The van der Waals surface area contributed by atoms with Gasteiger partial charge in [0.05, 0.1) is 6.61 Å². The van der Waals surface area contributed by atoms with E-state index >= 15 is 0 Å². The first-order chi connectivity index (χ1) is 5.89. The Labute approximate surface area is 80.6 Å². The van der Waals surface area contributed by atoms with Gasteiger partial charge in [-0.3, -0.25) is 5.84 Å². The zero-order valence-corrected chi connectivity index (χ0v) is 9.04. The molecule has 0 aromatic rings. The van der Waals surface area contributed by atoms with E-state index in [9.17, 15) is 5.21 Å². The highest BCUT2D eigenvalue weighted by atomic mass is 16.5. The zero-order valence-electron chi connectivity index (χ0n) is 9.04. The lowest BCUT2D eigenvalue weighted by Crippen LogP contribution is -2.38. The summed E-state index contributed by atoms with van der Waals surface area (Å²) in [5, 5.41) is 11.3. The molecule has 0 bridgehead atoms. The largest absolute Gasteiger partial charge is 0.772 e. The minimum atomic E-state index is -0.157. The monoisotopic (exact) mass is 189 g/mol. The zero-order chi connectivity index (χ0) is 10.5. The van der Waals surface area contributed by atoms with E-state index in [1.165, 1.54) is 0 Å². The molecule has 0 rings (SSSR count). The minimum absolute atomic E-state index is 0.0114. The molecule has 1 unspecified atom stereocenters. The molecule has 0 saturated heterocycles. The third-order valence-corrected chi connectivity index (χ3v) is 1.98. The number of rotatable bonds is 6. The second kappa shape index (κ2) is 5.54. The van der Waals surface area contributed by atoms with Crippen LogP contribution < -0.4 is 5.84 Å². The Balaban J connectivity index is 3.86. The fraction of sp³-hybridized carbons (Fsp3) is 1.00. The average molecular weight is 189 g/mol. The molecule has 0 saturated carbocycles. The van der Waals surface area contributed by atoms with Gasteiger partial charge in [0.2, 0.25) is 0 Å². The number of hydrogen-bond donors (Lipinski definition) is 1. The van der Waals surface area contributed by atoms with Crippen LogP contribution in [0.15, 0.2) is 0 Å². The average Bonchev–Trinajstić information content (AvgIpc) is 2.00. The van der Waals surface area contributed by atoms with Gasteiger partial charge in [-0.25, -0.2) is 0 Å². The summed E-state index contributed by atoms with van der Waals surface area (Å²) in [5.74, 6) is 5.11. The van der Waals surface area contributed by atoms with Crippen LogP contribution in [0.25, 0.3) is 0 Å². The van der Waals surface area contributed by atoms with Gasteiger partial charge in [0.15, 0.2) is 0 Å². The van der Waals surface area contributed by atoms with Crippen LogP contribution >= 0.6 is 0 Å². The molecule has 0 aliphatic carbocycles. The summed E-state index contributed by atoms with van der Waals surface area (Å²) < 4.78 is 5.32. The van der Waals surface area contributed by atoms with Crippen LogP contribution in [0.1, 0.15) is 34.1 Å². The Hall–Kier alpha value is -0.160. The molecule has 80 valence electrons. The van der Waals surface area contributed by atoms with Crippen LogP contribution in [0.2, 0.25) is 0 Å². The quantitative estimate of drug-likeness (QED) is 0.508. The third-order valence-electron chi connectivity index (χ3n) is 1.98. The van der Waals surface area contributed by atoms with E-state index in [0.717, 1.165) is 6.42 Å². The van der Waals surface area contributed by atoms with Crippen LogP contribution in [-0.2, 0) is 4.74 Å². The van der Waals surface area contributed by atoms with Gasteiger partial charge in [-0.2, -0.15) is 0 Å². The van der Waals surface area contributed by atoms with Gasteiger partial charge >= 0.3 is 0 Å². The van der Waals surface area contributed by atoms with Crippen LogP contribution in [0.5, 0.6) is 0 Å². The van der Waals surface area contributed by atoms with Crippen molar-refractivity contribution in [2.24, 2.45) is 11.3 Å². The lowest BCUT2D eigenvalue weighted by Gasteiger charge is -2.35. The molecule has 0 heterocycles. The molecule has 0 aromatic heterocycles. The van der Waals surface area contributed by atoms with E-state index in [1.807, 2.05) is 13.8 Å². The molecular weight excluding hydrogens is 168 g/mol. The lowest BCUT2D eigenvalue weighted by atomic mass is 9.87. The van der Waals surface area contributed by atoms with Crippen LogP contribution in [0, 0.1) is 10.6 Å². The second-order valence-electron chi connectivity index (χ2n) is 4.21. The molecule has 0 spiro atoms. The normalized spacial score (nSPS) is 15.0. The second-order valence-corrected chi connectivity index (χ2v) is 4.21. The molecule has 0 aliphatic rings. The van der Waals surface area contributed by atoms with Gasteiger partial charge in [0, 0.05) is 12.6 Å². The first-order valence-electron chi connectivity index (χ1n) is 4.68.